The molecule has 1 saturated carbocycles. The van der Waals surface area contributed by atoms with Crippen LogP contribution in [0, 0.1) is 23.7 Å². The zero-order chi connectivity index (χ0) is 24.1. The molecule has 0 amide bonds. The van der Waals surface area contributed by atoms with Crippen molar-refractivity contribution in [2.75, 3.05) is 7.11 Å². The van der Waals surface area contributed by atoms with E-state index in [1.807, 2.05) is 31.2 Å². The highest BCUT2D eigenvalue weighted by Gasteiger charge is 2.69. The molecule has 4 unspecified atom stereocenters. The SMILES string of the molecule is COc1ccc(C(CCC(=O)O)O[C@@H]2O[C@@H]3OC4(C)CC[C@H]5[C@H](C)CCC([C@H]2C)C35OO4)cc1. The lowest BCUT2D eigenvalue weighted by Crippen LogP contribution is -2.70. The van der Waals surface area contributed by atoms with Gasteiger partial charge in [0.15, 0.2) is 18.2 Å². The first-order chi connectivity index (χ1) is 16.3. The lowest BCUT2D eigenvalue weighted by Gasteiger charge is -2.60. The number of fused-ring (bicyclic) bond motifs is 2. The van der Waals surface area contributed by atoms with Crippen LogP contribution >= 0.6 is 0 Å². The van der Waals surface area contributed by atoms with Gasteiger partial charge in [0.25, 0.3) is 0 Å². The zero-order valence-corrected chi connectivity index (χ0v) is 20.4. The topological polar surface area (TPSA) is 92.7 Å². The first-order valence-electron chi connectivity index (χ1n) is 12.5. The molecule has 4 heterocycles. The zero-order valence-electron chi connectivity index (χ0n) is 20.4. The van der Waals surface area contributed by atoms with Crippen LogP contribution in [0.15, 0.2) is 24.3 Å². The third-order valence-corrected chi connectivity index (χ3v) is 8.50. The quantitative estimate of drug-likeness (QED) is 0.560. The van der Waals surface area contributed by atoms with Gasteiger partial charge in [0, 0.05) is 24.7 Å². The average molecular weight is 477 g/mol. The molecule has 1 aliphatic carbocycles. The molecule has 4 aliphatic heterocycles. The summed E-state index contributed by atoms with van der Waals surface area (Å²) in [6.45, 7) is 6.33. The molecule has 8 nitrogen and oxygen atoms in total. The van der Waals surface area contributed by atoms with Crippen molar-refractivity contribution >= 4 is 5.97 Å². The van der Waals surface area contributed by atoms with Gasteiger partial charge in [-0.3, -0.25) is 4.79 Å². The van der Waals surface area contributed by atoms with E-state index in [9.17, 15) is 9.90 Å². The number of aliphatic carboxylic acids is 1. The van der Waals surface area contributed by atoms with Crippen LogP contribution in [-0.4, -0.2) is 42.2 Å². The van der Waals surface area contributed by atoms with E-state index in [2.05, 4.69) is 13.8 Å². The maximum atomic E-state index is 11.4. The Morgan fingerprint density at radius 1 is 1.15 bits per heavy atom. The van der Waals surface area contributed by atoms with E-state index in [-0.39, 0.29) is 24.2 Å². The van der Waals surface area contributed by atoms with Crippen LogP contribution in [0.25, 0.3) is 0 Å². The fourth-order valence-electron chi connectivity index (χ4n) is 6.58. The van der Waals surface area contributed by atoms with Gasteiger partial charge in [0.1, 0.15) is 5.75 Å². The van der Waals surface area contributed by atoms with Crippen molar-refractivity contribution < 1.29 is 38.6 Å². The fourth-order valence-corrected chi connectivity index (χ4v) is 6.58. The molecule has 0 radical (unpaired) electrons. The smallest absolute Gasteiger partial charge is 0.303 e. The molecule has 5 fully saturated rings. The standard InChI is InChI=1S/C26H36O8/c1-15-5-10-20-16(2)23(31-24-26(20)19(15)13-14-25(3,32-24)33-34-26)30-21(11-12-22(27)28)17-6-8-18(29-4)9-7-17/h6-9,15-16,19-21,23-24H,5,10-14H2,1-4H3,(H,27,28)/t15-,16-,19+,20?,21?,23-,24-,25?,26?/m1/s1. The van der Waals surface area contributed by atoms with Crippen LogP contribution in [0.5, 0.6) is 5.75 Å². The second-order valence-corrected chi connectivity index (χ2v) is 10.6. The summed E-state index contributed by atoms with van der Waals surface area (Å²) in [5.74, 6) is -0.0223. The van der Waals surface area contributed by atoms with E-state index in [1.165, 1.54) is 0 Å². The average Bonchev–Trinajstić information content (AvgIpc) is 3.05. The van der Waals surface area contributed by atoms with E-state index in [0.717, 1.165) is 37.0 Å². The Morgan fingerprint density at radius 3 is 2.62 bits per heavy atom. The summed E-state index contributed by atoms with van der Waals surface area (Å²) >= 11 is 0. The number of ether oxygens (including phenoxy) is 4. The Bertz CT molecular complexity index is 889. The van der Waals surface area contributed by atoms with Crippen LogP contribution in [0.3, 0.4) is 0 Å². The van der Waals surface area contributed by atoms with Gasteiger partial charge in [-0.25, -0.2) is 9.78 Å². The summed E-state index contributed by atoms with van der Waals surface area (Å²) in [6, 6.07) is 7.56. The molecule has 1 aromatic rings. The molecule has 5 aliphatic rings. The van der Waals surface area contributed by atoms with Crippen molar-refractivity contribution in [2.24, 2.45) is 23.7 Å². The van der Waals surface area contributed by atoms with Gasteiger partial charge >= 0.3 is 5.97 Å². The van der Waals surface area contributed by atoms with Crippen LogP contribution in [0.4, 0.5) is 0 Å². The largest absolute Gasteiger partial charge is 0.497 e. The molecule has 4 saturated heterocycles. The normalized spacial score (nSPS) is 41.9. The van der Waals surface area contributed by atoms with E-state index in [4.69, 9.17) is 28.7 Å². The summed E-state index contributed by atoms with van der Waals surface area (Å²) in [4.78, 5) is 23.4. The van der Waals surface area contributed by atoms with Gasteiger partial charge < -0.3 is 24.1 Å². The Balaban J connectivity index is 1.43. The Hall–Kier alpha value is -1.71. The number of hydrogen-bond acceptors (Lipinski definition) is 7. The minimum Gasteiger partial charge on any atom is -0.497 e. The van der Waals surface area contributed by atoms with Crippen molar-refractivity contribution in [1.82, 2.24) is 0 Å². The lowest BCUT2D eigenvalue weighted by molar-refractivity contribution is -0.578. The molecule has 34 heavy (non-hydrogen) atoms. The highest BCUT2D eigenvalue weighted by Crippen LogP contribution is 2.60. The maximum absolute atomic E-state index is 11.4. The number of methoxy groups -OCH3 is 1. The molecular formula is C26H36O8. The molecular weight excluding hydrogens is 440 g/mol. The number of hydrogen-bond donors (Lipinski definition) is 1. The summed E-state index contributed by atoms with van der Waals surface area (Å²) < 4.78 is 24.8. The number of carboxylic acids is 1. The van der Waals surface area contributed by atoms with Gasteiger partial charge in [-0.05, 0) is 62.1 Å². The van der Waals surface area contributed by atoms with Gasteiger partial charge in [0.2, 0.25) is 5.79 Å². The van der Waals surface area contributed by atoms with Crippen molar-refractivity contribution in [3.8, 4) is 5.75 Å². The highest BCUT2D eigenvalue weighted by molar-refractivity contribution is 5.66. The minimum absolute atomic E-state index is 0.000295. The predicted octanol–water partition coefficient (Wildman–Crippen LogP) is 4.83. The third-order valence-electron chi connectivity index (χ3n) is 8.50. The molecule has 1 aromatic carbocycles. The number of carboxylic acid groups (broad SMARTS) is 1. The van der Waals surface area contributed by atoms with Crippen LogP contribution in [0.1, 0.15) is 71.0 Å². The van der Waals surface area contributed by atoms with Crippen molar-refractivity contribution in [3.05, 3.63) is 29.8 Å². The molecule has 8 heteroatoms. The van der Waals surface area contributed by atoms with Crippen molar-refractivity contribution in [1.29, 1.82) is 0 Å². The predicted molar refractivity (Wildman–Crippen MR) is 121 cm³/mol. The maximum Gasteiger partial charge on any atom is 0.303 e. The Kier molecular flexibility index (Phi) is 6.40. The van der Waals surface area contributed by atoms with Crippen LogP contribution < -0.4 is 4.74 Å². The van der Waals surface area contributed by atoms with E-state index in [1.54, 1.807) is 7.11 Å². The Labute approximate surface area is 200 Å². The van der Waals surface area contributed by atoms with E-state index >= 15 is 0 Å². The third kappa shape index (κ3) is 4.03. The number of benzene rings is 1. The molecule has 1 N–H and O–H groups in total. The number of carbonyl (C=O) groups is 1. The van der Waals surface area contributed by atoms with Gasteiger partial charge in [-0.1, -0.05) is 26.0 Å². The monoisotopic (exact) mass is 476 g/mol. The van der Waals surface area contributed by atoms with Crippen molar-refractivity contribution in [2.45, 2.75) is 89.4 Å². The molecule has 9 atom stereocenters. The second-order valence-electron chi connectivity index (χ2n) is 10.6. The summed E-state index contributed by atoms with van der Waals surface area (Å²) in [7, 11) is 1.62. The van der Waals surface area contributed by atoms with E-state index in [0.29, 0.717) is 12.3 Å². The first kappa shape index (κ1) is 24.0. The van der Waals surface area contributed by atoms with Crippen LogP contribution in [-0.2, 0) is 28.8 Å². The highest BCUT2D eigenvalue weighted by atomic mass is 17.3. The minimum atomic E-state index is -0.856. The summed E-state index contributed by atoms with van der Waals surface area (Å²) in [6.07, 6.45) is 2.57. The lowest BCUT2D eigenvalue weighted by atomic mass is 9.58. The molecule has 188 valence electrons. The molecule has 2 bridgehead atoms. The van der Waals surface area contributed by atoms with Gasteiger partial charge in [0.05, 0.1) is 13.2 Å². The van der Waals surface area contributed by atoms with Gasteiger partial charge in [-0.15, -0.1) is 0 Å². The molecule has 1 spiro atoms. The Morgan fingerprint density at radius 2 is 1.91 bits per heavy atom. The van der Waals surface area contributed by atoms with Crippen molar-refractivity contribution in [3.63, 3.8) is 0 Å². The van der Waals surface area contributed by atoms with Crippen LogP contribution in [0.2, 0.25) is 0 Å². The summed E-state index contributed by atoms with van der Waals surface area (Å²) in [5.41, 5.74) is 0.243. The second kappa shape index (κ2) is 9.06. The van der Waals surface area contributed by atoms with E-state index < -0.39 is 36.0 Å². The first-order valence-corrected chi connectivity index (χ1v) is 12.5. The van der Waals surface area contributed by atoms with Gasteiger partial charge in [-0.2, -0.15) is 0 Å². The molecule has 6 rings (SSSR count). The molecule has 0 aromatic heterocycles. The number of rotatable bonds is 7. The summed E-state index contributed by atoms with van der Waals surface area (Å²) in [5, 5.41) is 9.32. The fraction of sp³-hybridized carbons (Fsp3) is 0.731.